The van der Waals surface area contributed by atoms with Crippen LogP contribution in [-0.2, 0) is 11.2 Å². The molecule has 3 rings (SSSR count). The highest BCUT2D eigenvalue weighted by atomic mass is 35.5. The number of anilines is 2. The lowest BCUT2D eigenvalue weighted by molar-refractivity contribution is -0.115. The highest BCUT2D eigenvalue weighted by molar-refractivity contribution is 6.30. The van der Waals surface area contributed by atoms with Gasteiger partial charge in [-0.15, -0.1) is 0 Å². The molecule has 132 valence electrons. The lowest BCUT2D eigenvalue weighted by atomic mass is 10.1. The van der Waals surface area contributed by atoms with Crippen LogP contribution in [0.4, 0.5) is 11.4 Å². The van der Waals surface area contributed by atoms with Crippen molar-refractivity contribution in [2.45, 2.75) is 38.5 Å². The van der Waals surface area contributed by atoms with E-state index in [1.54, 1.807) is 0 Å². The Morgan fingerprint density at radius 1 is 0.960 bits per heavy atom. The number of carbonyl (C=O) groups excluding carboxylic acids is 1. The molecule has 0 radical (unpaired) electrons. The molecule has 0 unspecified atom stereocenters. The second-order valence-corrected chi connectivity index (χ2v) is 7.06. The van der Waals surface area contributed by atoms with Gasteiger partial charge >= 0.3 is 0 Å². The Kier molecular flexibility index (Phi) is 6.35. The van der Waals surface area contributed by atoms with Crippen LogP contribution in [0.15, 0.2) is 48.5 Å². The van der Waals surface area contributed by atoms with Crippen LogP contribution >= 0.6 is 11.6 Å². The highest BCUT2D eigenvalue weighted by Crippen LogP contribution is 2.28. The number of halogens is 1. The van der Waals surface area contributed by atoms with Gasteiger partial charge in [0.25, 0.3) is 0 Å². The Balaban J connectivity index is 1.70. The molecule has 25 heavy (non-hydrogen) atoms. The number of rotatable bonds is 4. The van der Waals surface area contributed by atoms with E-state index in [9.17, 15) is 4.79 Å². The van der Waals surface area contributed by atoms with Crippen molar-refractivity contribution < 1.29 is 4.79 Å². The summed E-state index contributed by atoms with van der Waals surface area (Å²) in [7, 11) is 0. The predicted octanol–water partition coefficient (Wildman–Crippen LogP) is 5.29. The van der Waals surface area contributed by atoms with Crippen LogP contribution in [0.25, 0.3) is 0 Å². The van der Waals surface area contributed by atoms with Gasteiger partial charge in [-0.3, -0.25) is 4.79 Å². The molecule has 0 atom stereocenters. The number of benzene rings is 2. The minimum atomic E-state index is -0.0123. The monoisotopic (exact) mass is 356 g/mol. The van der Waals surface area contributed by atoms with E-state index in [1.165, 1.54) is 32.1 Å². The first-order valence-corrected chi connectivity index (χ1v) is 9.48. The first kappa shape index (κ1) is 17.8. The maximum Gasteiger partial charge on any atom is 0.228 e. The second-order valence-electron chi connectivity index (χ2n) is 6.63. The first-order chi connectivity index (χ1) is 12.2. The molecule has 1 aliphatic rings. The van der Waals surface area contributed by atoms with Crippen molar-refractivity contribution in [2.75, 3.05) is 23.3 Å². The van der Waals surface area contributed by atoms with Crippen LogP contribution in [0.3, 0.4) is 0 Å². The number of nitrogens with one attached hydrogen (secondary N) is 1. The third-order valence-corrected chi connectivity index (χ3v) is 4.86. The molecular weight excluding hydrogens is 332 g/mol. The van der Waals surface area contributed by atoms with E-state index in [1.807, 2.05) is 42.5 Å². The van der Waals surface area contributed by atoms with Crippen LogP contribution in [-0.4, -0.2) is 19.0 Å². The third kappa shape index (κ3) is 5.23. The summed E-state index contributed by atoms with van der Waals surface area (Å²) in [5.74, 6) is -0.0123. The van der Waals surface area contributed by atoms with Crippen molar-refractivity contribution in [3.05, 3.63) is 59.1 Å². The van der Waals surface area contributed by atoms with Crippen LogP contribution in [0.5, 0.6) is 0 Å². The molecule has 1 fully saturated rings. The SMILES string of the molecule is O=C(Cc1cccc(Cl)c1)Nc1ccccc1N1CCCCCCC1. The van der Waals surface area contributed by atoms with Crippen LogP contribution in [0.2, 0.25) is 5.02 Å². The van der Waals surface area contributed by atoms with Gasteiger partial charge in [-0.05, 0) is 42.7 Å². The molecule has 1 N–H and O–H groups in total. The van der Waals surface area contributed by atoms with Crippen molar-refractivity contribution >= 4 is 28.9 Å². The molecule has 0 aromatic heterocycles. The van der Waals surface area contributed by atoms with Crippen molar-refractivity contribution in [3.63, 3.8) is 0 Å². The van der Waals surface area contributed by atoms with Gasteiger partial charge < -0.3 is 10.2 Å². The number of para-hydroxylation sites is 2. The largest absolute Gasteiger partial charge is 0.370 e. The molecule has 3 nitrogen and oxygen atoms in total. The standard InChI is InChI=1S/C21H25ClN2O/c22-18-10-8-9-17(15-18)16-21(25)23-19-11-4-5-12-20(19)24-13-6-2-1-3-7-14-24/h4-5,8-12,15H,1-3,6-7,13-14,16H2,(H,23,25). The molecule has 0 saturated carbocycles. The molecule has 0 bridgehead atoms. The minimum absolute atomic E-state index is 0.0123. The molecule has 2 aromatic carbocycles. The van der Waals surface area contributed by atoms with Gasteiger partial charge in [0.15, 0.2) is 0 Å². The van der Waals surface area contributed by atoms with Gasteiger partial charge in [-0.25, -0.2) is 0 Å². The predicted molar refractivity (Wildman–Crippen MR) is 106 cm³/mol. The fourth-order valence-corrected chi connectivity index (χ4v) is 3.58. The zero-order valence-corrected chi connectivity index (χ0v) is 15.3. The van der Waals surface area contributed by atoms with Gasteiger partial charge in [0.1, 0.15) is 0 Å². The van der Waals surface area contributed by atoms with E-state index in [4.69, 9.17) is 11.6 Å². The molecule has 0 aliphatic carbocycles. The quantitative estimate of drug-likeness (QED) is 0.807. The van der Waals surface area contributed by atoms with Crippen molar-refractivity contribution in [2.24, 2.45) is 0 Å². The number of carbonyl (C=O) groups is 1. The maximum absolute atomic E-state index is 12.5. The van der Waals surface area contributed by atoms with E-state index in [0.717, 1.165) is 30.0 Å². The summed E-state index contributed by atoms with van der Waals surface area (Å²) < 4.78 is 0. The molecule has 2 aromatic rings. The van der Waals surface area contributed by atoms with Crippen molar-refractivity contribution in [1.29, 1.82) is 0 Å². The summed E-state index contributed by atoms with van der Waals surface area (Å²) in [5.41, 5.74) is 2.95. The van der Waals surface area contributed by atoms with Crippen molar-refractivity contribution in [3.8, 4) is 0 Å². The average Bonchev–Trinajstić information content (AvgIpc) is 2.55. The van der Waals surface area contributed by atoms with Gasteiger partial charge in [0.05, 0.1) is 17.8 Å². The minimum Gasteiger partial charge on any atom is -0.370 e. The summed E-state index contributed by atoms with van der Waals surface area (Å²) in [5, 5.41) is 3.75. The zero-order valence-electron chi connectivity index (χ0n) is 14.5. The zero-order chi connectivity index (χ0) is 17.5. The van der Waals surface area contributed by atoms with Crippen LogP contribution in [0.1, 0.15) is 37.7 Å². The summed E-state index contributed by atoms with van der Waals surface area (Å²) >= 11 is 6.01. The van der Waals surface area contributed by atoms with Gasteiger partial charge in [-0.1, -0.05) is 55.1 Å². The highest BCUT2D eigenvalue weighted by Gasteiger charge is 2.14. The summed E-state index contributed by atoms with van der Waals surface area (Å²) in [6.07, 6.45) is 6.68. The number of nitrogens with zero attached hydrogens (tertiary/aromatic N) is 1. The molecule has 1 heterocycles. The summed E-state index contributed by atoms with van der Waals surface area (Å²) in [6, 6.07) is 15.6. The lowest BCUT2D eigenvalue weighted by Gasteiger charge is -2.28. The van der Waals surface area contributed by atoms with E-state index < -0.39 is 0 Å². The molecular formula is C21H25ClN2O. The number of hydrogen-bond donors (Lipinski definition) is 1. The Hall–Kier alpha value is -2.00. The lowest BCUT2D eigenvalue weighted by Crippen LogP contribution is -2.28. The smallest absolute Gasteiger partial charge is 0.228 e. The van der Waals surface area contributed by atoms with Gasteiger partial charge in [0.2, 0.25) is 5.91 Å². The molecule has 4 heteroatoms. The molecule has 1 aliphatic heterocycles. The normalized spacial score (nSPS) is 15.3. The number of amides is 1. The maximum atomic E-state index is 12.5. The Bertz CT molecular complexity index is 709. The fraction of sp³-hybridized carbons (Fsp3) is 0.381. The van der Waals surface area contributed by atoms with E-state index >= 15 is 0 Å². The van der Waals surface area contributed by atoms with Crippen LogP contribution < -0.4 is 10.2 Å². The average molecular weight is 357 g/mol. The Morgan fingerprint density at radius 2 is 1.68 bits per heavy atom. The topological polar surface area (TPSA) is 32.3 Å². The molecule has 1 saturated heterocycles. The fourth-order valence-electron chi connectivity index (χ4n) is 3.37. The number of hydrogen-bond acceptors (Lipinski definition) is 2. The van der Waals surface area contributed by atoms with E-state index in [2.05, 4.69) is 16.3 Å². The van der Waals surface area contributed by atoms with Crippen molar-refractivity contribution in [1.82, 2.24) is 0 Å². The van der Waals surface area contributed by atoms with Crippen LogP contribution in [0, 0.1) is 0 Å². The Labute approximate surface area is 155 Å². The molecule has 0 spiro atoms. The van der Waals surface area contributed by atoms with E-state index in [-0.39, 0.29) is 5.91 Å². The summed E-state index contributed by atoms with van der Waals surface area (Å²) in [6.45, 7) is 2.11. The van der Waals surface area contributed by atoms with E-state index in [0.29, 0.717) is 11.4 Å². The third-order valence-electron chi connectivity index (χ3n) is 4.63. The second kappa shape index (κ2) is 8.91. The Morgan fingerprint density at radius 3 is 2.44 bits per heavy atom. The summed E-state index contributed by atoms with van der Waals surface area (Å²) in [4.78, 5) is 14.9. The first-order valence-electron chi connectivity index (χ1n) is 9.10. The molecule has 1 amide bonds. The van der Waals surface area contributed by atoms with Gasteiger partial charge in [0, 0.05) is 18.1 Å². The van der Waals surface area contributed by atoms with Gasteiger partial charge in [-0.2, -0.15) is 0 Å².